The van der Waals surface area contributed by atoms with Gasteiger partial charge in [0.15, 0.2) is 0 Å². The summed E-state index contributed by atoms with van der Waals surface area (Å²) in [5, 5.41) is 12.7. The van der Waals surface area contributed by atoms with Gasteiger partial charge in [0.2, 0.25) is 0 Å². The molecular weight excluding hydrogens is 327 g/mol. The topological polar surface area (TPSA) is 69.6 Å². The highest BCUT2D eigenvalue weighted by Gasteiger charge is 2.19. The first kappa shape index (κ1) is 18.6. The minimum atomic E-state index is -0.934. The number of hydrogen-bond donors (Lipinski definition) is 2. The maximum atomic E-state index is 12.0. The Morgan fingerprint density at radius 1 is 1.27 bits per heavy atom. The van der Waals surface area contributed by atoms with Crippen LogP contribution in [0.15, 0.2) is 18.2 Å². The van der Waals surface area contributed by atoms with Gasteiger partial charge in [0, 0.05) is 36.1 Å². The van der Waals surface area contributed by atoms with Crippen LogP contribution in [0.3, 0.4) is 0 Å². The molecule has 0 saturated carbocycles. The Balaban J connectivity index is 2.58. The number of nitrogens with zero attached hydrogens (tertiary/aromatic N) is 1. The van der Waals surface area contributed by atoms with E-state index in [1.165, 1.54) is 4.90 Å². The molecule has 122 valence electrons. The molecule has 1 aromatic rings. The number of benzene rings is 1. The lowest BCUT2D eigenvalue weighted by molar-refractivity contribution is -0.141. The molecule has 2 unspecified atom stereocenters. The van der Waals surface area contributed by atoms with Crippen LogP contribution in [0.25, 0.3) is 0 Å². The fraction of sp³-hybridized carbons (Fsp3) is 0.467. The van der Waals surface area contributed by atoms with Crippen LogP contribution in [0.5, 0.6) is 0 Å². The molecule has 2 N–H and O–H groups in total. The molecule has 7 heteroatoms. The van der Waals surface area contributed by atoms with Crippen molar-refractivity contribution in [2.45, 2.75) is 19.8 Å². The predicted octanol–water partition coefficient (Wildman–Crippen LogP) is 3.46. The smallest absolute Gasteiger partial charge is 0.317 e. The molecule has 0 heterocycles. The van der Waals surface area contributed by atoms with Gasteiger partial charge < -0.3 is 15.3 Å². The van der Waals surface area contributed by atoms with Crippen molar-refractivity contribution in [2.24, 2.45) is 5.92 Å². The second-order valence-corrected chi connectivity index (χ2v) is 6.16. The fourth-order valence-electron chi connectivity index (χ4n) is 2.03. The summed E-state index contributed by atoms with van der Waals surface area (Å²) in [7, 11) is 1.56. The number of carboxylic acids is 1. The normalized spacial score (nSPS) is 13.3. The number of rotatable bonds is 6. The largest absolute Gasteiger partial charge is 0.481 e. The van der Waals surface area contributed by atoms with E-state index in [9.17, 15) is 9.59 Å². The summed E-state index contributed by atoms with van der Waals surface area (Å²) in [5.74, 6) is -1.61. The Kier molecular flexibility index (Phi) is 6.97. The number of carbonyl (C=O) groups is 2. The lowest BCUT2D eigenvalue weighted by Crippen LogP contribution is -2.42. The van der Waals surface area contributed by atoms with Crippen molar-refractivity contribution in [1.29, 1.82) is 0 Å². The molecule has 1 rings (SSSR count). The molecule has 22 heavy (non-hydrogen) atoms. The Labute approximate surface area is 140 Å². The Bertz CT molecular complexity index is 531. The quantitative estimate of drug-likeness (QED) is 0.828. The van der Waals surface area contributed by atoms with Crippen LogP contribution in [0, 0.1) is 5.92 Å². The number of urea groups is 1. The standard InChI is InChI=1S/C15H20Cl2N2O3/c1-9(13-11(16)5-4-6-12(13)17)7-18-15(22)19(3)8-10(2)14(20)21/h4-6,9-10H,7-8H2,1-3H3,(H,18,22)(H,20,21). The van der Waals surface area contributed by atoms with E-state index in [1.807, 2.05) is 6.92 Å². The SMILES string of the molecule is CC(CN(C)C(=O)NCC(C)c1c(Cl)cccc1Cl)C(=O)O. The molecule has 0 aliphatic rings. The zero-order valence-corrected chi connectivity index (χ0v) is 14.3. The van der Waals surface area contributed by atoms with E-state index >= 15 is 0 Å². The van der Waals surface area contributed by atoms with Crippen molar-refractivity contribution in [1.82, 2.24) is 10.2 Å². The summed E-state index contributed by atoms with van der Waals surface area (Å²) in [6.45, 7) is 3.96. The van der Waals surface area contributed by atoms with Crippen molar-refractivity contribution in [3.63, 3.8) is 0 Å². The lowest BCUT2D eigenvalue weighted by atomic mass is 10.0. The summed E-state index contributed by atoms with van der Waals surface area (Å²) in [5.41, 5.74) is 0.785. The molecule has 1 aromatic carbocycles. The van der Waals surface area contributed by atoms with Gasteiger partial charge in [0.1, 0.15) is 0 Å². The van der Waals surface area contributed by atoms with Crippen LogP contribution >= 0.6 is 23.2 Å². The summed E-state index contributed by atoms with van der Waals surface area (Å²) in [6.07, 6.45) is 0. The van der Waals surface area contributed by atoms with Gasteiger partial charge in [0.05, 0.1) is 5.92 Å². The first-order valence-electron chi connectivity index (χ1n) is 6.89. The number of hydrogen-bond acceptors (Lipinski definition) is 2. The van der Waals surface area contributed by atoms with Crippen molar-refractivity contribution in [2.75, 3.05) is 20.1 Å². The van der Waals surface area contributed by atoms with Gasteiger partial charge in [-0.15, -0.1) is 0 Å². The zero-order chi connectivity index (χ0) is 16.9. The first-order chi connectivity index (χ1) is 10.2. The number of amides is 2. The first-order valence-corrected chi connectivity index (χ1v) is 7.65. The van der Waals surface area contributed by atoms with Crippen molar-refractivity contribution >= 4 is 35.2 Å². The number of nitrogens with one attached hydrogen (secondary N) is 1. The molecule has 5 nitrogen and oxygen atoms in total. The van der Waals surface area contributed by atoms with E-state index in [2.05, 4.69) is 5.32 Å². The van der Waals surface area contributed by atoms with E-state index in [4.69, 9.17) is 28.3 Å². The third-order valence-electron chi connectivity index (χ3n) is 3.37. The fourth-order valence-corrected chi connectivity index (χ4v) is 2.80. The second-order valence-electron chi connectivity index (χ2n) is 5.34. The van der Waals surface area contributed by atoms with Crippen LogP contribution in [0.2, 0.25) is 10.0 Å². The number of halogens is 2. The highest BCUT2D eigenvalue weighted by Crippen LogP contribution is 2.30. The number of carboxylic acid groups (broad SMARTS) is 1. The maximum absolute atomic E-state index is 12.0. The molecular formula is C15H20Cl2N2O3. The Morgan fingerprint density at radius 2 is 1.82 bits per heavy atom. The average molecular weight is 347 g/mol. The van der Waals surface area contributed by atoms with Crippen LogP contribution in [-0.4, -0.2) is 42.1 Å². The molecule has 2 amide bonds. The maximum Gasteiger partial charge on any atom is 0.317 e. The van der Waals surface area contributed by atoms with E-state index in [0.29, 0.717) is 16.6 Å². The van der Waals surface area contributed by atoms with Gasteiger partial charge >= 0.3 is 12.0 Å². The molecule has 0 aliphatic carbocycles. The van der Waals surface area contributed by atoms with Gasteiger partial charge in [-0.1, -0.05) is 43.1 Å². The van der Waals surface area contributed by atoms with E-state index in [1.54, 1.807) is 32.2 Å². The van der Waals surface area contributed by atoms with E-state index in [0.717, 1.165) is 5.56 Å². The molecule has 0 aromatic heterocycles. The molecule has 0 spiro atoms. The van der Waals surface area contributed by atoms with E-state index < -0.39 is 11.9 Å². The highest BCUT2D eigenvalue weighted by atomic mass is 35.5. The van der Waals surface area contributed by atoms with Crippen molar-refractivity contribution < 1.29 is 14.7 Å². The third kappa shape index (κ3) is 5.07. The highest BCUT2D eigenvalue weighted by molar-refractivity contribution is 6.36. The number of aliphatic carboxylic acids is 1. The number of carbonyl (C=O) groups excluding carboxylic acids is 1. The zero-order valence-electron chi connectivity index (χ0n) is 12.8. The molecule has 0 fully saturated rings. The third-order valence-corrected chi connectivity index (χ3v) is 4.03. The summed E-state index contributed by atoms with van der Waals surface area (Å²) in [6, 6.07) is 4.94. The second kappa shape index (κ2) is 8.25. The molecule has 0 bridgehead atoms. The van der Waals surface area contributed by atoms with Gasteiger partial charge in [-0.05, 0) is 17.7 Å². The average Bonchev–Trinajstić information content (AvgIpc) is 2.44. The summed E-state index contributed by atoms with van der Waals surface area (Å²) >= 11 is 12.3. The van der Waals surface area contributed by atoms with Crippen LogP contribution in [0.4, 0.5) is 4.79 Å². The van der Waals surface area contributed by atoms with E-state index in [-0.39, 0.29) is 18.5 Å². The molecule has 0 aliphatic heterocycles. The minimum absolute atomic E-state index is 0.0598. The molecule has 0 radical (unpaired) electrons. The van der Waals surface area contributed by atoms with Gasteiger partial charge in [0.25, 0.3) is 0 Å². The van der Waals surface area contributed by atoms with Crippen LogP contribution < -0.4 is 5.32 Å². The summed E-state index contributed by atoms with van der Waals surface area (Å²) in [4.78, 5) is 24.1. The minimum Gasteiger partial charge on any atom is -0.481 e. The Hall–Kier alpha value is -1.46. The molecule has 0 saturated heterocycles. The lowest BCUT2D eigenvalue weighted by Gasteiger charge is -2.22. The van der Waals surface area contributed by atoms with Gasteiger partial charge in [-0.25, -0.2) is 4.79 Å². The summed E-state index contributed by atoms with van der Waals surface area (Å²) < 4.78 is 0. The molecule has 2 atom stereocenters. The van der Waals surface area contributed by atoms with Crippen LogP contribution in [-0.2, 0) is 4.79 Å². The van der Waals surface area contributed by atoms with Crippen molar-refractivity contribution in [3.8, 4) is 0 Å². The van der Waals surface area contributed by atoms with Gasteiger partial charge in [-0.2, -0.15) is 0 Å². The Morgan fingerprint density at radius 3 is 2.32 bits per heavy atom. The predicted molar refractivity (Wildman–Crippen MR) is 87.7 cm³/mol. The van der Waals surface area contributed by atoms with Crippen molar-refractivity contribution in [3.05, 3.63) is 33.8 Å². The van der Waals surface area contributed by atoms with Gasteiger partial charge in [-0.3, -0.25) is 4.79 Å². The monoisotopic (exact) mass is 346 g/mol. The van der Waals surface area contributed by atoms with Crippen LogP contribution in [0.1, 0.15) is 25.3 Å².